The number of alkyl halides is 12. The molecule has 30 heavy (non-hydrogen) atoms. The summed E-state index contributed by atoms with van der Waals surface area (Å²) < 4.78 is 154. The molecule has 0 bridgehead atoms. The molecule has 0 saturated heterocycles. The van der Waals surface area contributed by atoms with E-state index in [4.69, 9.17) is 0 Å². The van der Waals surface area contributed by atoms with Crippen LogP contribution in [0.25, 0.3) is 11.7 Å². The van der Waals surface area contributed by atoms with Gasteiger partial charge in [0.15, 0.2) is 22.8 Å². The molecule has 0 saturated carbocycles. The number of nitrogens with zero attached hydrogens (tertiary/aromatic N) is 6. The van der Waals surface area contributed by atoms with Gasteiger partial charge in [-0.2, -0.15) is 72.0 Å². The number of halogens is 12. The molecule has 0 amide bonds. The maximum absolute atomic E-state index is 13.1. The first-order valence-electron chi connectivity index (χ1n) is 7.06. The van der Waals surface area contributed by atoms with E-state index in [1.54, 1.807) is 0 Å². The van der Waals surface area contributed by atoms with E-state index in [2.05, 4.69) is 20.2 Å². The molecule has 3 aromatic heterocycles. The Morgan fingerprint density at radius 2 is 1.07 bits per heavy atom. The molecule has 3 heterocycles. The lowest BCUT2D eigenvalue weighted by Crippen LogP contribution is -2.18. The Bertz CT molecular complexity index is 1100. The van der Waals surface area contributed by atoms with Gasteiger partial charge in [0.1, 0.15) is 0 Å². The third kappa shape index (κ3) is 3.84. The molecule has 0 aromatic carbocycles. The summed E-state index contributed by atoms with van der Waals surface area (Å²) in [5.74, 6) is -2.99. The summed E-state index contributed by atoms with van der Waals surface area (Å²) in [6, 6.07) is -0.953. The van der Waals surface area contributed by atoms with Crippen molar-refractivity contribution >= 4 is 5.78 Å². The van der Waals surface area contributed by atoms with Gasteiger partial charge in [0.25, 0.3) is 11.7 Å². The van der Waals surface area contributed by atoms with E-state index in [0.717, 1.165) is 0 Å². The highest BCUT2D eigenvalue weighted by atomic mass is 19.4. The van der Waals surface area contributed by atoms with Gasteiger partial charge in [0.2, 0.25) is 0 Å². The molecule has 0 atom stereocenters. The molecule has 0 N–H and O–H groups in total. The van der Waals surface area contributed by atoms with Gasteiger partial charge in [-0.15, -0.1) is 5.10 Å². The van der Waals surface area contributed by atoms with Crippen molar-refractivity contribution in [3.8, 4) is 5.95 Å². The fraction of sp³-hybridized carbons (Fsp3) is 0.333. The highest BCUT2D eigenvalue weighted by Gasteiger charge is 2.44. The summed E-state index contributed by atoms with van der Waals surface area (Å²) in [5, 5.41) is 5.51. The van der Waals surface area contributed by atoms with E-state index in [9.17, 15) is 52.7 Å². The second kappa shape index (κ2) is 6.21. The molecule has 3 aromatic rings. The number of hydrogen-bond acceptors (Lipinski definition) is 4. The maximum atomic E-state index is 13.1. The van der Waals surface area contributed by atoms with Crippen LogP contribution in [0.5, 0.6) is 0 Å². The Kier molecular flexibility index (Phi) is 4.47. The standard InChI is InChI=1S/C12H2F12N6/c13-9(14,15)3-1-5(11(19,20)21)29-7(25-3)26-8(28-29)30-6(12(22,23)24)2-4(27-30)10(16,17)18/h1-2H. The molecule has 0 aliphatic heterocycles. The summed E-state index contributed by atoms with van der Waals surface area (Å²) in [5.41, 5.74) is -8.45. The topological polar surface area (TPSA) is 60.9 Å². The fourth-order valence-electron chi connectivity index (χ4n) is 2.17. The average Bonchev–Trinajstić information content (AvgIpc) is 3.15. The van der Waals surface area contributed by atoms with Gasteiger partial charge in [-0.05, 0) is 6.07 Å². The summed E-state index contributed by atoms with van der Waals surface area (Å²) in [6.45, 7) is 0. The Balaban J connectivity index is 2.33. The summed E-state index contributed by atoms with van der Waals surface area (Å²) in [7, 11) is 0. The van der Waals surface area contributed by atoms with Crippen molar-refractivity contribution in [1.82, 2.24) is 29.4 Å². The van der Waals surface area contributed by atoms with Crippen LogP contribution in [0.1, 0.15) is 22.8 Å². The van der Waals surface area contributed by atoms with Gasteiger partial charge < -0.3 is 0 Å². The summed E-state index contributed by atoms with van der Waals surface area (Å²) >= 11 is 0. The zero-order chi connectivity index (χ0) is 22.9. The highest BCUT2D eigenvalue weighted by Crippen LogP contribution is 2.37. The Hall–Kier alpha value is -3.08. The van der Waals surface area contributed by atoms with Crippen LogP contribution in [-0.4, -0.2) is 29.4 Å². The number of hydrogen-bond donors (Lipinski definition) is 0. The Morgan fingerprint density at radius 1 is 0.567 bits per heavy atom. The lowest BCUT2D eigenvalue weighted by Gasteiger charge is -2.11. The zero-order valence-corrected chi connectivity index (χ0v) is 13.4. The molecule has 0 aliphatic rings. The summed E-state index contributed by atoms with van der Waals surface area (Å²) in [4.78, 5) is 5.71. The fourth-order valence-corrected chi connectivity index (χ4v) is 2.17. The van der Waals surface area contributed by atoms with E-state index in [0.29, 0.717) is 0 Å². The third-order valence-electron chi connectivity index (χ3n) is 3.36. The molecule has 0 spiro atoms. The number of rotatable bonds is 1. The van der Waals surface area contributed by atoms with E-state index in [-0.39, 0.29) is 4.52 Å². The first kappa shape index (κ1) is 21.6. The van der Waals surface area contributed by atoms with Crippen molar-refractivity contribution < 1.29 is 52.7 Å². The molecule has 18 heteroatoms. The average molecular weight is 458 g/mol. The van der Waals surface area contributed by atoms with Crippen LogP contribution < -0.4 is 0 Å². The largest absolute Gasteiger partial charge is 0.435 e. The van der Waals surface area contributed by atoms with Gasteiger partial charge in [-0.3, -0.25) is 0 Å². The van der Waals surface area contributed by atoms with Gasteiger partial charge >= 0.3 is 24.7 Å². The molecule has 0 fully saturated rings. The molecular formula is C12H2F12N6. The monoisotopic (exact) mass is 458 g/mol. The van der Waals surface area contributed by atoms with Crippen LogP contribution in [0, 0.1) is 0 Å². The van der Waals surface area contributed by atoms with Gasteiger partial charge in [-0.25, -0.2) is 4.98 Å². The third-order valence-corrected chi connectivity index (χ3v) is 3.36. The first-order chi connectivity index (χ1) is 13.4. The molecule has 164 valence electrons. The van der Waals surface area contributed by atoms with Crippen LogP contribution >= 0.6 is 0 Å². The number of aromatic nitrogens is 6. The predicted octanol–water partition coefficient (Wildman–Crippen LogP) is 4.39. The Labute approximate surface area is 154 Å². The summed E-state index contributed by atoms with van der Waals surface area (Å²) in [6.07, 6.45) is -21.8. The van der Waals surface area contributed by atoms with Crippen LogP contribution in [0.2, 0.25) is 0 Å². The van der Waals surface area contributed by atoms with Crippen molar-refractivity contribution in [2.45, 2.75) is 24.7 Å². The second-order valence-electron chi connectivity index (χ2n) is 5.47. The number of fused-ring (bicyclic) bond motifs is 1. The van der Waals surface area contributed by atoms with Gasteiger partial charge in [-0.1, -0.05) is 0 Å². The lowest BCUT2D eigenvalue weighted by molar-refractivity contribution is -0.148. The molecule has 3 rings (SSSR count). The van der Waals surface area contributed by atoms with Crippen LogP contribution in [0.3, 0.4) is 0 Å². The normalized spacial score (nSPS) is 14.0. The lowest BCUT2D eigenvalue weighted by atomic mass is 10.3. The van der Waals surface area contributed by atoms with Crippen LogP contribution in [-0.2, 0) is 24.7 Å². The molecule has 0 radical (unpaired) electrons. The SMILES string of the molecule is FC(F)(F)c1cc(C(F)(F)F)n2nc(-n3nc(C(F)(F)F)cc3C(F)(F)F)nc2n1. The van der Waals surface area contributed by atoms with Gasteiger partial charge in [0, 0.05) is 6.07 Å². The van der Waals surface area contributed by atoms with Gasteiger partial charge in [0.05, 0.1) is 0 Å². The van der Waals surface area contributed by atoms with Crippen molar-refractivity contribution in [3.63, 3.8) is 0 Å². The van der Waals surface area contributed by atoms with E-state index in [1.165, 1.54) is 0 Å². The zero-order valence-electron chi connectivity index (χ0n) is 13.4. The van der Waals surface area contributed by atoms with Crippen molar-refractivity contribution in [2.24, 2.45) is 0 Å². The minimum absolute atomic E-state index is 0.389. The first-order valence-corrected chi connectivity index (χ1v) is 7.06. The second-order valence-corrected chi connectivity index (χ2v) is 5.47. The Morgan fingerprint density at radius 3 is 1.53 bits per heavy atom. The van der Waals surface area contributed by atoms with E-state index >= 15 is 0 Å². The molecule has 6 nitrogen and oxygen atoms in total. The predicted molar refractivity (Wildman–Crippen MR) is 67.9 cm³/mol. The van der Waals surface area contributed by atoms with Crippen molar-refractivity contribution in [1.29, 1.82) is 0 Å². The van der Waals surface area contributed by atoms with E-state index in [1.807, 2.05) is 0 Å². The highest BCUT2D eigenvalue weighted by molar-refractivity contribution is 5.37. The van der Waals surface area contributed by atoms with Crippen molar-refractivity contribution in [3.05, 3.63) is 34.9 Å². The van der Waals surface area contributed by atoms with Crippen molar-refractivity contribution in [2.75, 3.05) is 0 Å². The molecule has 0 unspecified atom stereocenters. The minimum atomic E-state index is -5.50. The van der Waals surface area contributed by atoms with Crippen LogP contribution in [0.15, 0.2) is 12.1 Å². The minimum Gasteiger partial charge on any atom is -0.206 e. The van der Waals surface area contributed by atoms with Crippen LogP contribution in [0.4, 0.5) is 52.7 Å². The molecule has 0 aliphatic carbocycles. The molecular weight excluding hydrogens is 456 g/mol. The maximum Gasteiger partial charge on any atom is 0.435 e. The quantitative estimate of drug-likeness (QED) is 0.508. The smallest absolute Gasteiger partial charge is 0.206 e. The van der Waals surface area contributed by atoms with E-state index < -0.39 is 76.0 Å².